The van der Waals surface area contributed by atoms with E-state index in [2.05, 4.69) is 18.7 Å². The molecule has 0 saturated carbocycles. The van der Waals surface area contributed by atoms with Gasteiger partial charge in [-0.2, -0.15) is 0 Å². The van der Waals surface area contributed by atoms with E-state index in [9.17, 15) is 9.18 Å². The van der Waals surface area contributed by atoms with Gasteiger partial charge in [0.15, 0.2) is 0 Å². The average molecular weight is 575 g/mol. The molecule has 2 aliphatic rings. The van der Waals surface area contributed by atoms with Crippen molar-refractivity contribution >= 4 is 5.91 Å². The zero-order valence-corrected chi connectivity index (χ0v) is 25.2. The summed E-state index contributed by atoms with van der Waals surface area (Å²) in [5, 5.41) is 0. The highest BCUT2D eigenvalue weighted by Crippen LogP contribution is 2.51. The van der Waals surface area contributed by atoms with Crippen molar-refractivity contribution in [3.8, 4) is 11.5 Å². The number of ether oxygens (including phenoxy) is 3. The lowest BCUT2D eigenvalue weighted by atomic mass is 9.75. The molecule has 0 aliphatic carbocycles. The summed E-state index contributed by atoms with van der Waals surface area (Å²) in [5.74, 6) is 1.53. The zero-order chi connectivity index (χ0) is 29.7. The van der Waals surface area contributed by atoms with Gasteiger partial charge in [0.25, 0.3) is 0 Å². The second-order valence-corrected chi connectivity index (χ2v) is 12.3. The van der Waals surface area contributed by atoms with E-state index in [4.69, 9.17) is 14.2 Å². The van der Waals surface area contributed by atoms with Gasteiger partial charge in [-0.15, -0.1) is 0 Å². The second kappa shape index (κ2) is 13.3. The number of carbonyl (C=O) groups excluding carboxylic acids is 1. The van der Waals surface area contributed by atoms with Crippen LogP contribution >= 0.6 is 0 Å². The molecule has 3 aromatic rings. The minimum atomic E-state index is -0.389. The largest absolute Gasteiger partial charge is 0.489 e. The molecule has 0 aromatic heterocycles. The number of fused-ring (bicyclic) bond motifs is 3. The molecular weight excluding hydrogens is 531 g/mol. The van der Waals surface area contributed by atoms with Crippen molar-refractivity contribution < 1.29 is 23.4 Å². The number of amides is 1. The first-order valence-corrected chi connectivity index (χ1v) is 15.0. The number of hydrogen-bond donors (Lipinski definition) is 0. The fourth-order valence-electron chi connectivity index (χ4n) is 6.07. The molecule has 1 fully saturated rings. The molecule has 0 unspecified atom stereocenters. The summed E-state index contributed by atoms with van der Waals surface area (Å²) >= 11 is 0. The Bertz CT molecular complexity index is 1330. The van der Waals surface area contributed by atoms with Gasteiger partial charge in [-0.3, -0.25) is 4.79 Å². The number of benzene rings is 3. The molecule has 42 heavy (non-hydrogen) atoms. The Kier molecular flexibility index (Phi) is 9.49. The summed E-state index contributed by atoms with van der Waals surface area (Å²) < 4.78 is 32.9. The Balaban J connectivity index is 1.29. The van der Waals surface area contributed by atoms with Crippen LogP contribution in [0.4, 0.5) is 4.39 Å². The Labute approximate surface area is 249 Å². The average Bonchev–Trinajstić information content (AvgIpc) is 2.97. The Morgan fingerprint density at radius 2 is 1.74 bits per heavy atom. The van der Waals surface area contributed by atoms with Crippen LogP contribution in [0.5, 0.6) is 11.5 Å². The monoisotopic (exact) mass is 574 g/mol. The fourth-order valence-corrected chi connectivity index (χ4v) is 6.07. The van der Waals surface area contributed by atoms with Crippen molar-refractivity contribution in [2.75, 3.05) is 27.2 Å². The third-order valence-electron chi connectivity index (χ3n) is 8.38. The van der Waals surface area contributed by atoms with E-state index in [0.29, 0.717) is 26.1 Å². The van der Waals surface area contributed by atoms with Gasteiger partial charge in [0.2, 0.25) is 5.91 Å². The third-order valence-corrected chi connectivity index (χ3v) is 8.38. The van der Waals surface area contributed by atoms with E-state index in [1.54, 1.807) is 12.1 Å². The second-order valence-electron chi connectivity index (χ2n) is 12.3. The summed E-state index contributed by atoms with van der Waals surface area (Å²) in [7, 11) is 4.06. The normalized spacial score (nSPS) is 20.8. The maximum Gasteiger partial charge on any atom is 0.225 e. The predicted molar refractivity (Wildman–Crippen MR) is 162 cm³/mol. The first-order valence-electron chi connectivity index (χ1n) is 15.0. The minimum absolute atomic E-state index is 0.0630. The first-order chi connectivity index (χ1) is 20.2. The summed E-state index contributed by atoms with van der Waals surface area (Å²) in [6.45, 7) is 6.71. The lowest BCUT2D eigenvalue weighted by molar-refractivity contribution is -0.160. The van der Waals surface area contributed by atoms with Gasteiger partial charge in [0, 0.05) is 24.6 Å². The van der Waals surface area contributed by atoms with Gasteiger partial charge in [-0.05, 0) is 95.2 Å². The lowest BCUT2D eigenvalue weighted by Gasteiger charge is -2.48. The van der Waals surface area contributed by atoms with Crippen LogP contribution in [-0.2, 0) is 22.7 Å². The predicted octanol–water partition coefficient (Wildman–Crippen LogP) is 6.78. The van der Waals surface area contributed by atoms with Gasteiger partial charge in [-0.1, -0.05) is 42.5 Å². The van der Waals surface area contributed by atoms with E-state index in [0.717, 1.165) is 54.0 Å². The highest BCUT2D eigenvalue weighted by atomic mass is 19.1. The Morgan fingerprint density at radius 1 is 0.976 bits per heavy atom. The molecule has 2 aliphatic heterocycles. The number of hydrogen-bond acceptors (Lipinski definition) is 5. The maximum atomic E-state index is 13.7. The van der Waals surface area contributed by atoms with Crippen LogP contribution in [0.15, 0.2) is 72.8 Å². The van der Waals surface area contributed by atoms with Crippen molar-refractivity contribution in [1.29, 1.82) is 0 Å². The SMILES string of the molecule is CN(C)CCCN(Cc1ccc(F)cc1)C(=O)C[C@@H]1CC[C@@H]2[C@@H](O1)c1cc(OCc3ccccc3)ccc1OC2(C)C. The summed E-state index contributed by atoms with van der Waals surface area (Å²) in [5.41, 5.74) is 2.62. The van der Waals surface area contributed by atoms with Gasteiger partial charge >= 0.3 is 0 Å². The molecule has 6 nitrogen and oxygen atoms in total. The molecule has 0 bridgehead atoms. The van der Waals surface area contributed by atoms with E-state index in [1.807, 2.05) is 67.5 Å². The van der Waals surface area contributed by atoms with Crippen molar-refractivity contribution in [2.24, 2.45) is 5.92 Å². The number of halogens is 1. The van der Waals surface area contributed by atoms with Crippen LogP contribution in [0.3, 0.4) is 0 Å². The molecule has 0 radical (unpaired) electrons. The van der Waals surface area contributed by atoms with Crippen LogP contribution in [0.1, 0.15) is 62.3 Å². The molecule has 0 spiro atoms. The molecule has 3 atom stereocenters. The van der Waals surface area contributed by atoms with Gasteiger partial charge in [0.1, 0.15) is 29.5 Å². The molecule has 3 aromatic carbocycles. The number of carbonyl (C=O) groups is 1. The first kappa shape index (κ1) is 30.1. The minimum Gasteiger partial charge on any atom is -0.489 e. The van der Waals surface area contributed by atoms with Gasteiger partial charge in [-0.25, -0.2) is 4.39 Å². The van der Waals surface area contributed by atoms with E-state index < -0.39 is 0 Å². The molecule has 5 rings (SSSR count). The third kappa shape index (κ3) is 7.50. The highest BCUT2D eigenvalue weighted by molar-refractivity contribution is 5.76. The number of nitrogens with zero attached hydrogens (tertiary/aromatic N) is 2. The number of rotatable bonds is 11. The molecule has 2 heterocycles. The van der Waals surface area contributed by atoms with Crippen molar-refractivity contribution in [3.05, 3.63) is 95.3 Å². The standard InChI is InChI=1S/C35H43FN2O4/c1-35(2)31-17-15-29(22-33(39)38(20-8-19-37(3)4)23-25-11-13-27(36)14-12-25)41-34(31)30-21-28(16-18-32(30)42-35)40-24-26-9-6-5-7-10-26/h5-7,9-14,16,18,21,29,31,34H,8,15,17,19-20,22-24H2,1-4H3/t29-,31+,34-/m0/s1. The topological polar surface area (TPSA) is 51.2 Å². The molecule has 0 N–H and O–H groups in total. The maximum absolute atomic E-state index is 13.7. The Hall–Kier alpha value is -3.42. The van der Waals surface area contributed by atoms with Crippen LogP contribution in [0.25, 0.3) is 0 Å². The van der Waals surface area contributed by atoms with Gasteiger partial charge in [0.05, 0.1) is 18.6 Å². The quantitative estimate of drug-likeness (QED) is 0.253. The lowest BCUT2D eigenvalue weighted by Crippen LogP contribution is -2.49. The summed E-state index contributed by atoms with van der Waals surface area (Å²) in [6.07, 6.45) is 2.49. The van der Waals surface area contributed by atoms with Crippen LogP contribution in [0, 0.1) is 11.7 Å². The molecule has 224 valence electrons. The van der Waals surface area contributed by atoms with Crippen molar-refractivity contribution in [3.63, 3.8) is 0 Å². The zero-order valence-electron chi connectivity index (χ0n) is 25.2. The van der Waals surface area contributed by atoms with E-state index in [1.165, 1.54) is 12.1 Å². The van der Waals surface area contributed by atoms with Crippen LogP contribution < -0.4 is 9.47 Å². The summed E-state index contributed by atoms with van der Waals surface area (Å²) in [4.78, 5) is 17.7. The molecule has 1 amide bonds. The van der Waals surface area contributed by atoms with E-state index in [-0.39, 0.29) is 35.5 Å². The summed E-state index contributed by atoms with van der Waals surface area (Å²) in [6, 6.07) is 22.5. The smallest absolute Gasteiger partial charge is 0.225 e. The van der Waals surface area contributed by atoms with Crippen LogP contribution in [-0.4, -0.2) is 54.6 Å². The van der Waals surface area contributed by atoms with E-state index >= 15 is 0 Å². The fraction of sp³-hybridized carbons (Fsp3) is 0.457. The van der Waals surface area contributed by atoms with Crippen molar-refractivity contribution in [1.82, 2.24) is 9.80 Å². The van der Waals surface area contributed by atoms with Gasteiger partial charge < -0.3 is 24.0 Å². The van der Waals surface area contributed by atoms with Crippen molar-refractivity contribution in [2.45, 2.75) is 70.5 Å². The molecular formula is C35H43FN2O4. The Morgan fingerprint density at radius 3 is 2.48 bits per heavy atom. The molecule has 7 heteroatoms. The highest BCUT2D eigenvalue weighted by Gasteiger charge is 2.48. The van der Waals surface area contributed by atoms with Crippen LogP contribution in [0.2, 0.25) is 0 Å². The molecule has 1 saturated heterocycles.